The van der Waals surface area contributed by atoms with Crippen molar-refractivity contribution < 1.29 is 0 Å². The Morgan fingerprint density at radius 2 is 1.36 bits per heavy atom. The molecular formula is C21H29N. The summed E-state index contributed by atoms with van der Waals surface area (Å²) in [4.78, 5) is 0. The molecule has 0 heterocycles. The lowest BCUT2D eigenvalue weighted by atomic mass is 9.83. The lowest BCUT2D eigenvalue weighted by Crippen LogP contribution is -2.14. The molecule has 22 heavy (non-hydrogen) atoms. The average molecular weight is 295 g/mol. The van der Waals surface area contributed by atoms with Crippen molar-refractivity contribution >= 4 is 0 Å². The number of hydrogen-bond donors (Lipinski definition) is 1. The van der Waals surface area contributed by atoms with E-state index in [1.165, 1.54) is 22.3 Å². The number of aryl methyl sites for hydroxylation is 1. The number of nitrogens with one attached hydrogen (secondary N) is 1. The molecule has 2 aromatic carbocycles. The van der Waals surface area contributed by atoms with E-state index in [1.807, 2.05) is 7.05 Å². The van der Waals surface area contributed by atoms with Gasteiger partial charge in [0.25, 0.3) is 0 Å². The molecule has 0 amide bonds. The summed E-state index contributed by atoms with van der Waals surface area (Å²) in [5, 5.41) is 3.28. The molecule has 118 valence electrons. The lowest BCUT2D eigenvalue weighted by Gasteiger charge is -2.22. The summed E-state index contributed by atoms with van der Waals surface area (Å²) in [6.45, 7) is 9.96. The molecule has 0 saturated carbocycles. The Labute approximate surface area is 135 Å². The van der Waals surface area contributed by atoms with Crippen molar-refractivity contribution in [3.8, 4) is 0 Å². The zero-order valence-electron chi connectivity index (χ0n) is 14.6. The molecule has 1 N–H and O–H groups in total. The van der Waals surface area contributed by atoms with Crippen LogP contribution in [0.5, 0.6) is 0 Å². The first kappa shape index (κ1) is 16.8. The highest BCUT2D eigenvalue weighted by molar-refractivity contribution is 5.36. The molecule has 0 fully saturated rings. The van der Waals surface area contributed by atoms with Crippen molar-refractivity contribution in [2.45, 2.75) is 45.4 Å². The molecule has 0 saturated heterocycles. The van der Waals surface area contributed by atoms with Crippen molar-refractivity contribution in [2.24, 2.45) is 0 Å². The Morgan fingerprint density at radius 3 is 1.82 bits per heavy atom. The van der Waals surface area contributed by atoms with Gasteiger partial charge < -0.3 is 5.32 Å². The van der Waals surface area contributed by atoms with Gasteiger partial charge in [-0.25, -0.2) is 0 Å². The molecule has 0 aliphatic rings. The van der Waals surface area contributed by atoms with E-state index in [4.69, 9.17) is 0 Å². The van der Waals surface area contributed by atoms with Gasteiger partial charge in [0.15, 0.2) is 0 Å². The van der Waals surface area contributed by atoms with Crippen LogP contribution in [-0.2, 0) is 5.41 Å². The molecule has 1 nitrogen and oxygen atoms in total. The second kappa shape index (κ2) is 7.11. The Kier molecular flexibility index (Phi) is 5.42. The Bertz CT molecular complexity index is 573. The highest BCUT2D eigenvalue weighted by Crippen LogP contribution is 2.30. The molecule has 0 spiro atoms. The van der Waals surface area contributed by atoms with E-state index in [0.29, 0.717) is 5.92 Å². The van der Waals surface area contributed by atoms with E-state index in [1.54, 1.807) is 0 Å². The van der Waals surface area contributed by atoms with E-state index in [9.17, 15) is 0 Å². The van der Waals surface area contributed by atoms with Crippen molar-refractivity contribution in [3.63, 3.8) is 0 Å². The Balaban J connectivity index is 2.30. The largest absolute Gasteiger partial charge is 0.320 e. The van der Waals surface area contributed by atoms with Gasteiger partial charge in [0, 0.05) is 5.92 Å². The minimum atomic E-state index is 0.211. The molecule has 0 aliphatic carbocycles. The molecule has 0 aromatic heterocycles. The minimum absolute atomic E-state index is 0.211. The third kappa shape index (κ3) is 4.20. The summed E-state index contributed by atoms with van der Waals surface area (Å²) >= 11 is 0. The Hall–Kier alpha value is -1.60. The first-order valence-electron chi connectivity index (χ1n) is 8.23. The second-order valence-electron chi connectivity index (χ2n) is 7.23. The summed E-state index contributed by atoms with van der Waals surface area (Å²) in [6, 6.07) is 18.2. The fourth-order valence-electron chi connectivity index (χ4n) is 2.83. The molecule has 2 rings (SSSR count). The van der Waals surface area contributed by atoms with Crippen LogP contribution in [0.15, 0.2) is 48.5 Å². The van der Waals surface area contributed by atoms with Crippen LogP contribution in [0, 0.1) is 6.92 Å². The first-order chi connectivity index (χ1) is 10.4. The molecule has 2 aromatic rings. The zero-order chi connectivity index (χ0) is 16.2. The molecular weight excluding hydrogens is 266 g/mol. The van der Waals surface area contributed by atoms with Gasteiger partial charge in [-0.2, -0.15) is 0 Å². The topological polar surface area (TPSA) is 12.0 Å². The normalized spacial score (nSPS) is 13.1. The van der Waals surface area contributed by atoms with Crippen molar-refractivity contribution in [1.82, 2.24) is 5.32 Å². The highest BCUT2D eigenvalue weighted by atomic mass is 14.8. The van der Waals surface area contributed by atoms with Crippen molar-refractivity contribution in [2.75, 3.05) is 13.6 Å². The van der Waals surface area contributed by atoms with Crippen molar-refractivity contribution in [1.29, 1.82) is 0 Å². The Morgan fingerprint density at radius 1 is 0.864 bits per heavy atom. The maximum Gasteiger partial charge on any atom is 0.0101 e. The van der Waals surface area contributed by atoms with Crippen LogP contribution >= 0.6 is 0 Å². The third-order valence-electron chi connectivity index (χ3n) is 4.34. The van der Waals surface area contributed by atoms with Crippen LogP contribution in [0.1, 0.15) is 55.4 Å². The van der Waals surface area contributed by atoms with Crippen LogP contribution in [0.4, 0.5) is 0 Å². The molecule has 0 bridgehead atoms. The lowest BCUT2D eigenvalue weighted by molar-refractivity contribution is 0.589. The summed E-state index contributed by atoms with van der Waals surface area (Å²) in [5.41, 5.74) is 5.74. The third-order valence-corrected chi connectivity index (χ3v) is 4.34. The maximum absolute atomic E-state index is 3.28. The van der Waals surface area contributed by atoms with Gasteiger partial charge in [-0.3, -0.25) is 0 Å². The second-order valence-corrected chi connectivity index (χ2v) is 7.23. The first-order valence-corrected chi connectivity index (χ1v) is 8.23. The van der Waals surface area contributed by atoms with Crippen LogP contribution in [0.25, 0.3) is 0 Å². The predicted octanol–water partition coefficient (Wildman–Crippen LogP) is 5.03. The molecule has 1 unspecified atom stereocenters. The SMILES string of the molecule is CNCCC(c1ccc(C)cc1)c1ccc(C(C)(C)C)cc1. The van der Waals surface area contributed by atoms with Gasteiger partial charge in [0.05, 0.1) is 0 Å². The molecule has 1 atom stereocenters. The van der Waals surface area contributed by atoms with Crippen LogP contribution in [-0.4, -0.2) is 13.6 Å². The summed E-state index contributed by atoms with van der Waals surface area (Å²) in [7, 11) is 2.02. The minimum Gasteiger partial charge on any atom is -0.320 e. The highest BCUT2D eigenvalue weighted by Gasteiger charge is 2.17. The monoisotopic (exact) mass is 295 g/mol. The van der Waals surface area contributed by atoms with Gasteiger partial charge >= 0.3 is 0 Å². The number of hydrogen-bond acceptors (Lipinski definition) is 1. The summed E-state index contributed by atoms with van der Waals surface area (Å²) in [6.07, 6.45) is 1.12. The number of rotatable bonds is 5. The van der Waals surface area contributed by atoms with E-state index < -0.39 is 0 Å². The summed E-state index contributed by atoms with van der Waals surface area (Å²) < 4.78 is 0. The number of benzene rings is 2. The van der Waals surface area contributed by atoms with E-state index in [0.717, 1.165) is 13.0 Å². The van der Waals surface area contributed by atoms with Gasteiger partial charge in [0.1, 0.15) is 0 Å². The molecule has 0 radical (unpaired) electrons. The van der Waals surface area contributed by atoms with Gasteiger partial charge in [-0.15, -0.1) is 0 Å². The van der Waals surface area contributed by atoms with Crippen molar-refractivity contribution in [3.05, 3.63) is 70.8 Å². The van der Waals surface area contributed by atoms with Gasteiger partial charge in [-0.05, 0) is 49.0 Å². The standard InChI is InChI=1S/C21H29N/c1-16-6-8-17(9-7-16)20(14-15-22-5)18-10-12-19(13-11-18)21(2,3)4/h6-13,20,22H,14-15H2,1-5H3. The van der Waals surface area contributed by atoms with Gasteiger partial charge in [-0.1, -0.05) is 74.9 Å². The van der Waals surface area contributed by atoms with E-state index in [-0.39, 0.29) is 5.41 Å². The molecule has 0 aliphatic heterocycles. The van der Waals surface area contributed by atoms with Crippen LogP contribution < -0.4 is 5.32 Å². The smallest absolute Gasteiger partial charge is 0.0101 e. The maximum atomic E-state index is 3.28. The van der Waals surface area contributed by atoms with E-state index >= 15 is 0 Å². The molecule has 1 heteroatoms. The van der Waals surface area contributed by atoms with Crippen LogP contribution in [0.3, 0.4) is 0 Å². The van der Waals surface area contributed by atoms with Gasteiger partial charge in [0.2, 0.25) is 0 Å². The fourth-order valence-corrected chi connectivity index (χ4v) is 2.83. The fraction of sp³-hybridized carbons (Fsp3) is 0.429. The zero-order valence-corrected chi connectivity index (χ0v) is 14.6. The average Bonchev–Trinajstić information content (AvgIpc) is 2.49. The predicted molar refractivity (Wildman–Crippen MR) is 96.7 cm³/mol. The van der Waals surface area contributed by atoms with Crippen LogP contribution in [0.2, 0.25) is 0 Å². The van der Waals surface area contributed by atoms with E-state index in [2.05, 4.69) is 81.5 Å². The summed E-state index contributed by atoms with van der Waals surface area (Å²) in [5.74, 6) is 0.460. The quantitative estimate of drug-likeness (QED) is 0.815.